The van der Waals surface area contributed by atoms with Gasteiger partial charge in [-0.05, 0) is 36.4 Å². The van der Waals surface area contributed by atoms with Gasteiger partial charge < -0.3 is 13.9 Å². The van der Waals surface area contributed by atoms with E-state index in [1.165, 1.54) is 7.11 Å². The summed E-state index contributed by atoms with van der Waals surface area (Å²) in [5.74, 6) is 0.569. The molecule has 2 aromatic carbocycles. The van der Waals surface area contributed by atoms with E-state index in [2.05, 4.69) is 10.2 Å². The van der Waals surface area contributed by atoms with Gasteiger partial charge >= 0.3 is 5.97 Å². The third-order valence-corrected chi connectivity index (χ3v) is 3.45. The smallest absolute Gasteiger partial charge is 0.341 e. The number of para-hydroxylation sites is 1. The maximum atomic E-state index is 11.7. The van der Waals surface area contributed by atoms with Crippen molar-refractivity contribution in [3.8, 4) is 17.2 Å². The summed E-state index contributed by atoms with van der Waals surface area (Å²) in [6, 6.07) is 13.8. The van der Waals surface area contributed by atoms with Gasteiger partial charge in [-0.2, -0.15) is 0 Å². The van der Waals surface area contributed by atoms with Gasteiger partial charge in [0, 0.05) is 10.6 Å². The van der Waals surface area contributed by atoms with Gasteiger partial charge in [-0.3, -0.25) is 0 Å². The van der Waals surface area contributed by atoms with Crippen LogP contribution in [0.15, 0.2) is 52.9 Å². The van der Waals surface area contributed by atoms with Gasteiger partial charge in [0.05, 0.1) is 7.11 Å². The summed E-state index contributed by atoms with van der Waals surface area (Å²) < 4.78 is 15.9. The third-order valence-electron chi connectivity index (χ3n) is 3.20. The lowest BCUT2D eigenvalue weighted by molar-refractivity contribution is 0.0595. The Morgan fingerprint density at radius 3 is 2.62 bits per heavy atom. The molecule has 3 aromatic rings. The van der Waals surface area contributed by atoms with E-state index >= 15 is 0 Å². The molecule has 0 unspecified atom stereocenters. The first kappa shape index (κ1) is 16.0. The average Bonchev–Trinajstić information content (AvgIpc) is 3.09. The number of aromatic nitrogens is 2. The second-order valence-corrected chi connectivity index (χ2v) is 5.22. The number of halogens is 1. The number of benzene rings is 2. The number of rotatable bonds is 5. The molecule has 0 aliphatic heterocycles. The van der Waals surface area contributed by atoms with Crippen LogP contribution in [0.25, 0.3) is 11.5 Å². The molecule has 1 aromatic heterocycles. The predicted octanol–water partition coefficient (Wildman–Crippen LogP) is 3.76. The van der Waals surface area contributed by atoms with Crippen molar-refractivity contribution in [3.05, 3.63) is 65.0 Å². The van der Waals surface area contributed by atoms with Crippen LogP contribution in [0.2, 0.25) is 5.02 Å². The molecule has 0 fully saturated rings. The van der Waals surface area contributed by atoms with E-state index in [0.717, 1.165) is 5.56 Å². The van der Waals surface area contributed by atoms with E-state index in [0.29, 0.717) is 28.1 Å². The molecule has 1 heterocycles. The zero-order valence-electron chi connectivity index (χ0n) is 12.7. The molecule has 3 rings (SSSR count). The monoisotopic (exact) mass is 344 g/mol. The summed E-state index contributed by atoms with van der Waals surface area (Å²) in [6.45, 7) is 0.0363. The number of carbonyl (C=O) groups excluding carboxylic acids is 1. The summed E-state index contributed by atoms with van der Waals surface area (Å²) >= 11 is 5.85. The fraction of sp³-hybridized carbons (Fsp3) is 0.118. The predicted molar refractivity (Wildman–Crippen MR) is 86.9 cm³/mol. The second kappa shape index (κ2) is 7.14. The zero-order chi connectivity index (χ0) is 16.9. The van der Waals surface area contributed by atoms with E-state index in [1.807, 2.05) is 0 Å². The minimum atomic E-state index is -0.474. The Bertz CT molecular complexity index is 846. The van der Waals surface area contributed by atoms with Gasteiger partial charge in [0.2, 0.25) is 5.89 Å². The molecule has 0 N–H and O–H groups in total. The van der Waals surface area contributed by atoms with Crippen LogP contribution in [0.1, 0.15) is 16.2 Å². The van der Waals surface area contributed by atoms with Crippen LogP contribution in [-0.4, -0.2) is 23.3 Å². The highest BCUT2D eigenvalue weighted by atomic mass is 35.5. The van der Waals surface area contributed by atoms with Crippen LogP contribution in [0.4, 0.5) is 0 Å². The number of nitrogens with zero attached hydrogens (tertiary/aromatic N) is 2. The molecule has 0 aliphatic carbocycles. The SMILES string of the molecule is COC(=O)c1ccccc1OCc1nnc(-c2ccc(Cl)cc2)o1. The van der Waals surface area contributed by atoms with E-state index in [1.54, 1.807) is 48.5 Å². The molecule has 7 heteroatoms. The lowest BCUT2D eigenvalue weighted by Gasteiger charge is -2.07. The van der Waals surface area contributed by atoms with Crippen LogP contribution in [0, 0.1) is 0 Å². The van der Waals surface area contributed by atoms with Gasteiger partial charge in [0.15, 0.2) is 6.61 Å². The first-order valence-electron chi connectivity index (χ1n) is 7.06. The fourth-order valence-corrected chi connectivity index (χ4v) is 2.16. The van der Waals surface area contributed by atoms with E-state index in [-0.39, 0.29) is 6.61 Å². The first-order valence-corrected chi connectivity index (χ1v) is 7.43. The molecule has 0 bridgehead atoms. The van der Waals surface area contributed by atoms with Gasteiger partial charge in [-0.1, -0.05) is 23.7 Å². The average molecular weight is 345 g/mol. The van der Waals surface area contributed by atoms with Crippen LogP contribution >= 0.6 is 11.6 Å². The maximum absolute atomic E-state index is 11.7. The lowest BCUT2D eigenvalue weighted by Crippen LogP contribution is -2.05. The Morgan fingerprint density at radius 2 is 1.88 bits per heavy atom. The van der Waals surface area contributed by atoms with Crippen molar-refractivity contribution in [3.63, 3.8) is 0 Å². The molecule has 0 saturated carbocycles. The molecule has 0 saturated heterocycles. The molecule has 6 nitrogen and oxygen atoms in total. The Kier molecular flexibility index (Phi) is 4.77. The Morgan fingerprint density at radius 1 is 1.12 bits per heavy atom. The van der Waals surface area contributed by atoms with Crippen molar-refractivity contribution in [2.24, 2.45) is 0 Å². The summed E-state index contributed by atoms with van der Waals surface area (Å²) in [4.78, 5) is 11.7. The number of hydrogen-bond acceptors (Lipinski definition) is 6. The van der Waals surface area contributed by atoms with Gasteiger partial charge in [-0.25, -0.2) is 4.79 Å². The molecule has 24 heavy (non-hydrogen) atoms. The van der Waals surface area contributed by atoms with Gasteiger partial charge in [-0.15, -0.1) is 10.2 Å². The summed E-state index contributed by atoms with van der Waals surface area (Å²) in [5, 5.41) is 8.53. The minimum absolute atomic E-state index is 0.0363. The Balaban J connectivity index is 1.72. The largest absolute Gasteiger partial charge is 0.483 e. The van der Waals surface area contributed by atoms with E-state index in [4.69, 9.17) is 25.5 Å². The number of hydrogen-bond donors (Lipinski definition) is 0. The molecule has 0 spiro atoms. The van der Waals surface area contributed by atoms with Crippen molar-refractivity contribution in [1.82, 2.24) is 10.2 Å². The minimum Gasteiger partial charge on any atom is -0.483 e. The van der Waals surface area contributed by atoms with Gasteiger partial charge in [0.25, 0.3) is 5.89 Å². The molecule has 122 valence electrons. The van der Waals surface area contributed by atoms with Crippen LogP contribution in [0.5, 0.6) is 5.75 Å². The van der Waals surface area contributed by atoms with E-state index < -0.39 is 5.97 Å². The molecule has 0 aliphatic rings. The maximum Gasteiger partial charge on any atom is 0.341 e. The second-order valence-electron chi connectivity index (χ2n) is 4.78. The van der Waals surface area contributed by atoms with Gasteiger partial charge in [0.1, 0.15) is 11.3 Å². The van der Waals surface area contributed by atoms with Crippen molar-refractivity contribution in [1.29, 1.82) is 0 Å². The summed E-state index contributed by atoms with van der Waals surface area (Å²) in [6.07, 6.45) is 0. The highest BCUT2D eigenvalue weighted by Gasteiger charge is 2.14. The molecular formula is C17H13ClN2O4. The highest BCUT2D eigenvalue weighted by Crippen LogP contribution is 2.22. The number of methoxy groups -OCH3 is 1. The van der Waals surface area contributed by atoms with Crippen LogP contribution in [-0.2, 0) is 11.3 Å². The first-order chi connectivity index (χ1) is 11.7. The van der Waals surface area contributed by atoms with E-state index in [9.17, 15) is 4.79 Å². The molecule has 0 amide bonds. The quantitative estimate of drug-likeness (QED) is 0.656. The molecular weight excluding hydrogens is 332 g/mol. The number of esters is 1. The molecule has 0 atom stereocenters. The standard InChI is InChI=1S/C17H13ClN2O4/c1-22-17(21)13-4-2-3-5-14(13)23-10-15-19-20-16(24-15)11-6-8-12(18)9-7-11/h2-9H,10H2,1H3. The third kappa shape index (κ3) is 3.55. The lowest BCUT2D eigenvalue weighted by atomic mass is 10.2. The highest BCUT2D eigenvalue weighted by molar-refractivity contribution is 6.30. The summed E-state index contributed by atoms with van der Waals surface area (Å²) in [5.41, 5.74) is 1.09. The normalized spacial score (nSPS) is 10.4. The zero-order valence-corrected chi connectivity index (χ0v) is 13.5. The number of carbonyl (C=O) groups is 1. The topological polar surface area (TPSA) is 74.5 Å². The van der Waals surface area contributed by atoms with Crippen LogP contribution < -0.4 is 4.74 Å². The van der Waals surface area contributed by atoms with Crippen molar-refractivity contribution >= 4 is 17.6 Å². The summed E-state index contributed by atoms with van der Waals surface area (Å²) in [7, 11) is 1.31. The fourth-order valence-electron chi connectivity index (χ4n) is 2.03. The van der Waals surface area contributed by atoms with Crippen molar-refractivity contribution in [2.45, 2.75) is 6.61 Å². The Hall–Kier alpha value is -2.86. The molecule has 0 radical (unpaired) electrons. The number of ether oxygens (including phenoxy) is 2. The van der Waals surface area contributed by atoms with Crippen molar-refractivity contribution in [2.75, 3.05) is 7.11 Å². The Labute approximate surface area is 143 Å². The van der Waals surface area contributed by atoms with Crippen molar-refractivity contribution < 1.29 is 18.7 Å². The van der Waals surface area contributed by atoms with Crippen LogP contribution in [0.3, 0.4) is 0 Å².